The molecule has 0 spiro atoms. The third-order valence-corrected chi connectivity index (χ3v) is 22.2. The fourth-order valence-corrected chi connectivity index (χ4v) is 16.1. The monoisotopic (exact) mass is 1470 g/mol. The highest BCUT2D eigenvalue weighted by atomic mass is 16.6. The average Bonchev–Trinajstić information content (AvgIpc) is 0.698. The predicted octanol–water partition coefficient (Wildman–Crippen LogP) is 27.8. The van der Waals surface area contributed by atoms with Crippen molar-refractivity contribution in [2.75, 3.05) is 0 Å². The number of carbonyl (C=O) groups is 3. The summed E-state index contributed by atoms with van der Waals surface area (Å²) >= 11 is 0. The first-order valence-corrected chi connectivity index (χ1v) is 43.1. The lowest BCUT2D eigenvalue weighted by atomic mass is 9.61. The summed E-state index contributed by atoms with van der Waals surface area (Å²) in [6.07, 6.45) is 52.4. The second-order valence-electron chi connectivity index (χ2n) is 30.9. The Morgan fingerprint density at radius 1 is 0.250 bits per heavy atom. The van der Waals surface area contributed by atoms with Crippen LogP contribution in [0.3, 0.4) is 0 Å². The zero-order valence-electron chi connectivity index (χ0n) is 66.8. The van der Waals surface area contributed by atoms with Crippen molar-refractivity contribution in [3.8, 4) is 40.2 Å². The van der Waals surface area contributed by atoms with Crippen LogP contribution in [-0.4, -0.2) is 38.3 Å². The fraction of sp³-hybridized carbons (Fsp3) is 0.541. The molecular weight excluding hydrogens is 1340 g/mol. The van der Waals surface area contributed by atoms with Gasteiger partial charge in [-0.2, -0.15) is 0 Å². The molecule has 10 nitrogen and oxygen atoms in total. The van der Waals surface area contributed by atoms with Gasteiger partial charge in [-0.25, -0.2) is 0 Å². The molecule has 0 aliphatic heterocycles. The third kappa shape index (κ3) is 28.9. The highest BCUT2D eigenvalue weighted by molar-refractivity contribution is 5.85. The van der Waals surface area contributed by atoms with Gasteiger partial charge in [0.05, 0.1) is 16.4 Å². The van der Waals surface area contributed by atoms with Crippen molar-refractivity contribution in [2.24, 2.45) is 0 Å². The highest BCUT2D eigenvalue weighted by Gasteiger charge is 2.50. The number of rotatable bonds is 59. The van der Waals surface area contributed by atoms with Crippen molar-refractivity contribution in [1.82, 2.24) is 0 Å². The van der Waals surface area contributed by atoms with Crippen molar-refractivity contribution in [3.63, 3.8) is 0 Å². The quantitative estimate of drug-likeness (QED) is 0.0125. The van der Waals surface area contributed by atoms with E-state index in [4.69, 9.17) is 14.2 Å². The Bertz CT molecular complexity index is 3450. The topological polar surface area (TPSA) is 160 Å². The van der Waals surface area contributed by atoms with Gasteiger partial charge in [-0.15, -0.1) is 0 Å². The van der Waals surface area contributed by atoms with Gasteiger partial charge in [-0.05, 0) is 107 Å². The third-order valence-electron chi connectivity index (χ3n) is 22.2. The van der Waals surface area contributed by atoms with Gasteiger partial charge in [0.15, 0.2) is 11.5 Å². The van der Waals surface area contributed by atoms with E-state index in [0.29, 0.717) is 52.6 Å². The number of aromatic hydroxyl groups is 4. The van der Waals surface area contributed by atoms with Crippen LogP contribution in [-0.2, 0) is 25.2 Å². The van der Waals surface area contributed by atoms with Gasteiger partial charge in [0, 0.05) is 24.8 Å². The molecule has 0 unspecified atom stereocenters. The van der Waals surface area contributed by atoms with Crippen LogP contribution in [0, 0.1) is 0 Å². The van der Waals surface area contributed by atoms with E-state index < -0.39 is 28.7 Å². The molecule has 7 aromatic rings. The Morgan fingerprint density at radius 2 is 0.463 bits per heavy atom. The molecule has 588 valence electrons. The van der Waals surface area contributed by atoms with Crippen LogP contribution in [0.1, 0.15) is 373 Å². The average molecular weight is 1470 g/mol. The summed E-state index contributed by atoms with van der Waals surface area (Å²) in [7, 11) is 0. The van der Waals surface area contributed by atoms with Crippen LogP contribution in [0.2, 0.25) is 0 Å². The molecule has 0 saturated heterocycles. The number of phenols is 4. The van der Waals surface area contributed by atoms with Gasteiger partial charge in [-0.3, -0.25) is 14.4 Å². The number of hydrogen-bond donors (Lipinski definition) is 4. The summed E-state index contributed by atoms with van der Waals surface area (Å²) in [6, 6.07) is 48.4. The van der Waals surface area contributed by atoms with Gasteiger partial charge in [0.2, 0.25) is 0 Å². The first-order valence-electron chi connectivity index (χ1n) is 43.1. The highest BCUT2D eigenvalue weighted by Crippen LogP contribution is 2.60. The summed E-state index contributed by atoms with van der Waals surface area (Å²) in [5, 5.41) is 44.9. The van der Waals surface area contributed by atoms with Crippen LogP contribution in [0.15, 0.2) is 164 Å². The van der Waals surface area contributed by atoms with Gasteiger partial charge in [0.1, 0.15) is 28.7 Å². The Labute approximate surface area is 651 Å². The van der Waals surface area contributed by atoms with E-state index in [1.54, 1.807) is 78.9 Å². The van der Waals surface area contributed by atoms with E-state index in [2.05, 4.69) is 20.8 Å². The molecule has 7 rings (SSSR count). The molecule has 0 aromatic heterocycles. The van der Waals surface area contributed by atoms with Gasteiger partial charge in [-0.1, -0.05) is 400 Å². The lowest BCUT2D eigenvalue weighted by Gasteiger charge is -2.41. The lowest BCUT2D eigenvalue weighted by molar-refractivity contribution is -0.137. The Balaban J connectivity index is 1.37. The van der Waals surface area contributed by atoms with E-state index in [-0.39, 0.29) is 70.6 Å². The van der Waals surface area contributed by atoms with E-state index in [1.807, 2.05) is 84.9 Å². The summed E-state index contributed by atoms with van der Waals surface area (Å²) in [4.78, 5) is 46.9. The smallest absolute Gasteiger partial charge is 0.311 e. The molecule has 10 heteroatoms. The zero-order chi connectivity index (χ0) is 76.5. The van der Waals surface area contributed by atoms with E-state index >= 15 is 14.4 Å². The predicted molar refractivity (Wildman–Crippen MR) is 445 cm³/mol. The molecule has 0 saturated carbocycles. The lowest BCUT2D eigenvalue weighted by Crippen LogP contribution is -2.36. The summed E-state index contributed by atoms with van der Waals surface area (Å²) in [5.74, 6) is -1.90. The molecule has 7 aromatic carbocycles. The van der Waals surface area contributed by atoms with Gasteiger partial charge >= 0.3 is 17.9 Å². The second-order valence-corrected chi connectivity index (χ2v) is 30.9. The van der Waals surface area contributed by atoms with Crippen LogP contribution >= 0.6 is 0 Å². The maximum Gasteiger partial charge on any atom is 0.311 e. The minimum Gasteiger partial charge on any atom is -0.508 e. The van der Waals surface area contributed by atoms with E-state index in [1.165, 1.54) is 193 Å². The molecule has 0 bridgehead atoms. The molecule has 0 aliphatic rings. The molecule has 0 radical (unpaired) electrons. The van der Waals surface area contributed by atoms with Crippen LogP contribution in [0.4, 0.5) is 0 Å². The minimum atomic E-state index is -1.66. The number of esters is 3. The molecule has 4 N–H and O–H groups in total. The molecule has 0 amide bonds. The van der Waals surface area contributed by atoms with E-state index in [0.717, 1.165) is 77.0 Å². The Kier molecular flexibility index (Phi) is 41.7. The van der Waals surface area contributed by atoms with Gasteiger partial charge < -0.3 is 34.6 Å². The zero-order valence-corrected chi connectivity index (χ0v) is 66.8. The molecule has 108 heavy (non-hydrogen) atoms. The number of hydrogen-bond acceptors (Lipinski definition) is 10. The second kappa shape index (κ2) is 51.5. The summed E-state index contributed by atoms with van der Waals surface area (Å²) in [6.45, 7) is 6.79. The number of unbranched alkanes of at least 4 members (excludes halogenated alkanes) is 42. The molecule has 0 fully saturated rings. The number of ether oxygens (including phenoxy) is 3. The molecule has 0 atom stereocenters. The van der Waals surface area contributed by atoms with Crippen LogP contribution < -0.4 is 14.2 Å². The standard InChI is InChI=1S/C98H136O10/c1-4-7-10-13-16-19-22-25-28-31-34-37-40-43-52-59-91(103)106-90-78-89(97(79-55-48-46-49-56-79,81-62-70-85(99)71-63-81)82-64-72-86(100)73-65-82)95(107-92(104)60-53-44-41-38-35-32-29-26-23-20-17-14-11-8-5-2)96(108-93(105)61-54-45-42-39-36-33-30-27-24-21-18-15-12-9-6-3)94(90)98(80-57-50-47-51-58-80,83-66-74-87(101)75-67-83)84-68-76-88(102)77-69-84/h46-51,55-58,62-78,99-102H,4-45,52-54,59-61H2,1-3H3. The van der Waals surface area contributed by atoms with Crippen molar-refractivity contribution in [1.29, 1.82) is 0 Å². The largest absolute Gasteiger partial charge is 0.508 e. The number of phenolic OH excluding ortho intramolecular Hbond substituents is 4. The summed E-state index contributed by atoms with van der Waals surface area (Å²) < 4.78 is 21.6. The minimum absolute atomic E-state index is 0.00377. The number of benzene rings is 7. The van der Waals surface area contributed by atoms with Crippen molar-refractivity contribution in [3.05, 3.63) is 208 Å². The first-order chi connectivity index (χ1) is 53.0. The first kappa shape index (κ1) is 87.4. The molecule has 0 heterocycles. The van der Waals surface area contributed by atoms with Crippen LogP contribution in [0.25, 0.3) is 0 Å². The summed E-state index contributed by atoms with van der Waals surface area (Å²) in [5.41, 5.74) is 0.859. The number of carbonyl (C=O) groups excluding carboxylic acids is 3. The Hall–Kier alpha value is -7.85. The van der Waals surface area contributed by atoms with Gasteiger partial charge in [0.25, 0.3) is 0 Å². The molecule has 0 aliphatic carbocycles. The maximum atomic E-state index is 15.7. The normalized spacial score (nSPS) is 11.7. The van der Waals surface area contributed by atoms with Crippen molar-refractivity contribution in [2.45, 2.75) is 340 Å². The van der Waals surface area contributed by atoms with E-state index in [9.17, 15) is 20.4 Å². The van der Waals surface area contributed by atoms with Crippen molar-refractivity contribution >= 4 is 17.9 Å². The SMILES string of the molecule is CCCCCCCCCCCCCCCCCC(=O)Oc1cc(C(c2ccccc2)(c2ccc(O)cc2)c2ccc(O)cc2)c(OC(=O)CCCCCCCCCCCCCCCCC)c(OC(=O)CCCCCCCCCCCCCCCCC)c1C(c1ccccc1)(c1ccc(O)cc1)c1ccc(O)cc1. The Morgan fingerprint density at radius 3 is 0.731 bits per heavy atom. The maximum absolute atomic E-state index is 15.7. The molecular formula is C98H136O10. The van der Waals surface area contributed by atoms with Crippen LogP contribution in [0.5, 0.6) is 40.2 Å². The fourth-order valence-electron chi connectivity index (χ4n) is 16.1. The van der Waals surface area contributed by atoms with Crippen molar-refractivity contribution < 1.29 is 49.0 Å².